The first-order valence-corrected chi connectivity index (χ1v) is 6.31. The van der Waals surface area contributed by atoms with Crippen molar-refractivity contribution in [2.75, 3.05) is 19.6 Å². The minimum absolute atomic E-state index is 0. The van der Waals surface area contributed by atoms with Gasteiger partial charge in [-0.05, 0) is 18.6 Å². The lowest BCUT2D eigenvalue weighted by atomic mass is 10.1. The Balaban J connectivity index is 0.00000144. The summed E-state index contributed by atoms with van der Waals surface area (Å²) in [6, 6.07) is 6.37. The summed E-state index contributed by atoms with van der Waals surface area (Å²) in [5.41, 5.74) is 1.11. The van der Waals surface area contributed by atoms with Crippen LogP contribution in [0, 0.1) is 0 Å². The highest BCUT2D eigenvalue weighted by Crippen LogP contribution is 2.26. The van der Waals surface area contributed by atoms with Gasteiger partial charge < -0.3 is 5.32 Å². The molecule has 1 aromatic carbocycles. The molecule has 1 atom stereocenters. The van der Waals surface area contributed by atoms with Crippen molar-refractivity contribution in [3.63, 3.8) is 0 Å². The van der Waals surface area contributed by atoms with Crippen LogP contribution in [-0.2, 0) is 6.54 Å². The monoisotopic (exact) mass is 294 g/mol. The molecule has 0 aliphatic carbocycles. The highest BCUT2D eigenvalue weighted by Gasteiger charge is 2.16. The summed E-state index contributed by atoms with van der Waals surface area (Å²) in [7, 11) is 0. The molecule has 1 N–H and O–H groups in total. The number of hydrogen-bond donors (Lipinski definition) is 1. The molecule has 1 saturated heterocycles. The van der Waals surface area contributed by atoms with E-state index < -0.39 is 0 Å². The largest absolute Gasteiger partial charge is 0.312 e. The Morgan fingerprint density at radius 2 is 2.18 bits per heavy atom. The maximum absolute atomic E-state index is 6.17. The van der Waals surface area contributed by atoms with Crippen molar-refractivity contribution in [1.29, 1.82) is 0 Å². The Kier molecular flexibility index (Phi) is 6.04. The Labute approximate surface area is 119 Å². The van der Waals surface area contributed by atoms with Crippen LogP contribution >= 0.6 is 35.6 Å². The topological polar surface area (TPSA) is 15.3 Å². The summed E-state index contributed by atoms with van der Waals surface area (Å²) in [6.45, 7) is 6.24. The van der Waals surface area contributed by atoms with Crippen molar-refractivity contribution in [3.8, 4) is 0 Å². The van der Waals surface area contributed by atoms with E-state index >= 15 is 0 Å². The van der Waals surface area contributed by atoms with Gasteiger partial charge in [0.05, 0.1) is 10.0 Å². The molecule has 1 unspecified atom stereocenters. The summed E-state index contributed by atoms with van der Waals surface area (Å²) in [5, 5.41) is 4.75. The maximum Gasteiger partial charge on any atom is 0.0637 e. The van der Waals surface area contributed by atoms with Gasteiger partial charge >= 0.3 is 0 Å². The molecule has 0 saturated carbocycles. The van der Waals surface area contributed by atoms with Gasteiger partial charge in [-0.1, -0.05) is 35.3 Å². The van der Waals surface area contributed by atoms with Crippen LogP contribution in [0.3, 0.4) is 0 Å². The predicted octanol–water partition coefficient (Wildman–Crippen LogP) is 3.21. The summed E-state index contributed by atoms with van der Waals surface area (Å²) < 4.78 is 0. The first kappa shape index (κ1) is 15.1. The lowest BCUT2D eigenvalue weighted by Gasteiger charge is -2.32. The van der Waals surface area contributed by atoms with E-state index in [1.807, 2.05) is 18.2 Å². The highest BCUT2D eigenvalue weighted by atomic mass is 35.5. The highest BCUT2D eigenvalue weighted by molar-refractivity contribution is 6.42. The zero-order valence-corrected chi connectivity index (χ0v) is 12.1. The Morgan fingerprint density at radius 3 is 2.88 bits per heavy atom. The number of halogens is 3. The SMILES string of the molecule is CC1CN(Cc2cccc(Cl)c2Cl)CCN1.Cl. The van der Waals surface area contributed by atoms with Crippen LogP contribution in [0.5, 0.6) is 0 Å². The molecule has 1 fully saturated rings. The second-order valence-electron chi connectivity index (χ2n) is 4.30. The third kappa shape index (κ3) is 4.01. The molecular weight excluding hydrogens is 279 g/mol. The van der Waals surface area contributed by atoms with Crippen molar-refractivity contribution < 1.29 is 0 Å². The molecule has 96 valence electrons. The van der Waals surface area contributed by atoms with E-state index in [2.05, 4.69) is 17.1 Å². The predicted molar refractivity (Wildman–Crippen MR) is 76.5 cm³/mol. The number of benzene rings is 1. The molecule has 1 aromatic rings. The van der Waals surface area contributed by atoms with Gasteiger partial charge in [0.25, 0.3) is 0 Å². The Bertz CT molecular complexity index is 371. The average Bonchev–Trinajstić information content (AvgIpc) is 2.25. The zero-order valence-electron chi connectivity index (χ0n) is 9.75. The van der Waals surface area contributed by atoms with Gasteiger partial charge in [-0.3, -0.25) is 4.90 Å². The molecule has 17 heavy (non-hydrogen) atoms. The van der Waals surface area contributed by atoms with Crippen LogP contribution in [0.15, 0.2) is 18.2 Å². The van der Waals surface area contributed by atoms with Gasteiger partial charge in [-0.2, -0.15) is 0 Å². The molecular formula is C12H17Cl3N2. The molecule has 0 spiro atoms. The van der Waals surface area contributed by atoms with Crippen molar-refractivity contribution in [2.45, 2.75) is 19.5 Å². The maximum atomic E-state index is 6.17. The fourth-order valence-corrected chi connectivity index (χ4v) is 2.45. The third-order valence-corrected chi connectivity index (χ3v) is 3.74. The van der Waals surface area contributed by atoms with E-state index in [-0.39, 0.29) is 12.4 Å². The van der Waals surface area contributed by atoms with E-state index in [0.29, 0.717) is 16.1 Å². The summed E-state index contributed by atoms with van der Waals surface area (Å²) in [4.78, 5) is 2.40. The van der Waals surface area contributed by atoms with Crippen molar-refractivity contribution in [1.82, 2.24) is 10.2 Å². The Hall–Kier alpha value is 0.01000. The molecule has 2 nitrogen and oxygen atoms in total. The molecule has 0 bridgehead atoms. The molecule has 0 aromatic heterocycles. The fraction of sp³-hybridized carbons (Fsp3) is 0.500. The van der Waals surface area contributed by atoms with Gasteiger partial charge in [-0.15, -0.1) is 12.4 Å². The smallest absolute Gasteiger partial charge is 0.0637 e. The van der Waals surface area contributed by atoms with Gasteiger partial charge in [-0.25, -0.2) is 0 Å². The Morgan fingerprint density at radius 1 is 1.41 bits per heavy atom. The fourth-order valence-electron chi connectivity index (χ4n) is 2.07. The second-order valence-corrected chi connectivity index (χ2v) is 5.09. The first-order valence-electron chi connectivity index (χ1n) is 5.55. The number of rotatable bonds is 2. The third-order valence-electron chi connectivity index (χ3n) is 2.88. The first-order chi connectivity index (χ1) is 7.66. The molecule has 1 heterocycles. The van der Waals surface area contributed by atoms with Crippen LogP contribution in [-0.4, -0.2) is 30.6 Å². The van der Waals surface area contributed by atoms with Crippen molar-refractivity contribution in [3.05, 3.63) is 33.8 Å². The van der Waals surface area contributed by atoms with E-state index in [4.69, 9.17) is 23.2 Å². The van der Waals surface area contributed by atoms with Crippen LogP contribution in [0.25, 0.3) is 0 Å². The molecule has 1 aliphatic rings. The zero-order chi connectivity index (χ0) is 11.5. The number of nitrogens with zero attached hydrogens (tertiary/aromatic N) is 1. The standard InChI is InChI=1S/C12H16Cl2N2.ClH/c1-9-7-16(6-5-15-9)8-10-3-2-4-11(13)12(10)14;/h2-4,9,15H,5-8H2,1H3;1H. The van der Waals surface area contributed by atoms with Crippen LogP contribution in [0.2, 0.25) is 10.0 Å². The van der Waals surface area contributed by atoms with E-state index in [1.54, 1.807) is 0 Å². The second kappa shape index (κ2) is 6.81. The lowest BCUT2D eigenvalue weighted by Crippen LogP contribution is -2.48. The molecule has 1 aliphatic heterocycles. The summed E-state index contributed by atoms with van der Waals surface area (Å²) >= 11 is 12.2. The van der Waals surface area contributed by atoms with Crippen molar-refractivity contribution >= 4 is 35.6 Å². The van der Waals surface area contributed by atoms with Gasteiger partial charge in [0.2, 0.25) is 0 Å². The van der Waals surface area contributed by atoms with Crippen LogP contribution in [0.4, 0.5) is 0 Å². The molecule has 5 heteroatoms. The van der Waals surface area contributed by atoms with Crippen LogP contribution < -0.4 is 5.32 Å². The van der Waals surface area contributed by atoms with Gasteiger partial charge in [0, 0.05) is 32.2 Å². The van der Waals surface area contributed by atoms with Crippen LogP contribution in [0.1, 0.15) is 12.5 Å². The number of nitrogens with one attached hydrogen (secondary N) is 1. The van der Waals surface area contributed by atoms with Crippen molar-refractivity contribution in [2.24, 2.45) is 0 Å². The molecule has 0 radical (unpaired) electrons. The molecule has 2 rings (SSSR count). The normalized spacial score (nSPS) is 21.0. The van der Waals surface area contributed by atoms with Gasteiger partial charge in [0.1, 0.15) is 0 Å². The van der Waals surface area contributed by atoms with E-state index in [1.165, 1.54) is 0 Å². The average molecular weight is 296 g/mol. The number of piperazine rings is 1. The van der Waals surface area contributed by atoms with Gasteiger partial charge in [0.15, 0.2) is 0 Å². The summed E-state index contributed by atoms with van der Waals surface area (Å²) in [5.74, 6) is 0. The minimum atomic E-state index is 0. The molecule has 0 amide bonds. The summed E-state index contributed by atoms with van der Waals surface area (Å²) in [6.07, 6.45) is 0. The number of hydrogen-bond acceptors (Lipinski definition) is 2. The minimum Gasteiger partial charge on any atom is -0.312 e. The lowest BCUT2D eigenvalue weighted by molar-refractivity contribution is 0.200. The van der Waals surface area contributed by atoms with E-state index in [0.717, 1.165) is 31.7 Å². The quantitative estimate of drug-likeness (QED) is 0.901. The van der Waals surface area contributed by atoms with E-state index in [9.17, 15) is 0 Å².